The molecule has 0 bridgehead atoms. The second kappa shape index (κ2) is 4.42. The van der Waals surface area contributed by atoms with Crippen molar-refractivity contribution in [2.45, 2.75) is 0 Å². The zero-order chi connectivity index (χ0) is 15.3. The number of halogens is 1. The van der Waals surface area contributed by atoms with Gasteiger partial charge in [-0.2, -0.15) is 4.39 Å². The summed E-state index contributed by atoms with van der Waals surface area (Å²) >= 11 is 0. The van der Waals surface area contributed by atoms with Crippen molar-refractivity contribution >= 4 is 22.0 Å². The van der Waals surface area contributed by atoms with Crippen LogP contribution in [0.2, 0.25) is 0 Å². The molecule has 2 heterocycles. The fourth-order valence-corrected chi connectivity index (χ4v) is 2.39. The van der Waals surface area contributed by atoms with E-state index in [1.54, 1.807) is 0 Å². The number of nitrogens with zero attached hydrogens (tertiary/aromatic N) is 1. The number of phenols is 1. The molecule has 4 aromatic rings. The Morgan fingerprint density at radius 1 is 1.18 bits per heavy atom. The highest BCUT2D eigenvalue weighted by atomic mass is 19.1. The molecule has 22 heavy (non-hydrogen) atoms. The fraction of sp³-hybridized carbons (Fsp3) is 0. The van der Waals surface area contributed by atoms with Gasteiger partial charge in [0.25, 0.3) is 0 Å². The van der Waals surface area contributed by atoms with Crippen LogP contribution in [0.5, 0.6) is 5.75 Å². The summed E-state index contributed by atoms with van der Waals surface area (Å²) in [4.78, 5) is 19.5. The van der Waals surface area contributed by atoms with E-state index in [9.17, 15) is 14.3 Å². The average molecular weight is 296 g/mol. The molecule has 0 fully saturated rings. The highest BCUT2D eigenvalue weighted by molar-refractivity contribution is 5.84. The van der Waals surface area contributed by atoms with Gasteiger partial charge in [0, 0.05) is 5.39 Å². The van der Waals surface area contributed by atoms with E-state index in [1.165, 1.54) is 18.2 Å². The van der Waals surface area contributed by atoms with Crippen molar-refractivity contribution in [3.63, 3.8) is 0 Å². The average Bonchev–Trinajstić information content (AvgIpc) is 2.95. The lowest BCUT2D eigenvalue weighted by molar-refractivity contribution is 0.425. The van der Waals surface area contributed by atoms with Crippen molar-refractivity contribution in [3.8, 4) is 17.1 Å². The molecule has 6 heteroatoms. The van der Waals surface area contributed by atoms with E-state index < -0.39 is 17.2 Å². The highest BCUT2D eigenvalue weighted by Crippen LogP contribution is 2.27. The van der Waals surface area contributed by atoms with Crippen LogP contribution in [-0.2, 0) is 0 Å². The van der Waals surface area contributed by atoms with Crippen molar-refractivity contribution in [2.24, 2.45) is 0 Å². The third-order valence-electron chi connectivity index (χ3n) is 3.47. The normalized spacial score (nSPS) is 11.3. The second-order valence-electron chi connectivity index (χ2n) is 4.87. The molecule has 4 rings (SSSR count). The molecule has 108 valence electrons. The Kier molecular flexibility index (Phi) is 2.53. The maximum Gasteiger partial charge on any atom is 0.347 e. The minimum Gasteiger partial charge on any atom is -0.505 e. The van der Waals surface area contributed by atoms with Crippen molar-refractivity contribution in [1.29, 1.82) is 0 Å². The topological polar surface area (TPSA) is 79.1 Å². The zero-order valence-corrected chi connectivity index (χ0v) is 11.1. The molecule has 0 aliphatic rings. The van der Waals surface area contributed by atoms with Gasteiger partial charge >= 0.3 is 5.63 Å². The molecule has 2 N–H and O–H groups in total. The van der Waals surface area contributed by atoms with Crippen LogP contribution in [0.25, 0.3) is 33.4 Å². The van der Waals surface area contributed by atoms with E-state index in [-0.39, 0.29) is 11.1 Å². The monoisotopic (exact) mass is 296 g/mol. The molecule has 0 saturated heterocycles. The van der Waals surface area contributed by atoms with Crippen LogP contribution >= 0.6 is 0 Å². The Balaban J connectivity index is 2.00. The number of benzene rings is 2. The van der Waals surface area contributed by atoms with Crippen molar-refractivity contribution in [3.05, 3.63) is 58.7 Å². The lowest BCUT2D eigenvalue weighted by Crippen LogP contribution is -2.04. The van der Waals surface area contributed by atoms with Crippen LogP contribution in [0.3, 0.4) is 0 Å². The first-order valence-corrected chi connectivity index (χ1v) is 6.54. The van der Waals surface area contributed by atoms with Crippen molar-refractivity contribution < 1.29 is 13.9 Å². The predicted molar refractivity (Wildman–Crippen MR) is 79.2 cm³/mol. The molecule has 0 radical (unpaired) electrons. The number of para-hydroxylation sites is 2. The summed E-state index contributed by atoms with van der Waals surface area (Å²) in [5, 5.41) is 9.70. The quantitative estimate of drug-likeness (QED) is 0.529. The third-order valence-corrected chi connectivity index (χ3v) is 3.47. The van der Waals surface area contributed by atoms with Crippen LogP contribution in [0.4, 0.5) is 4.39 Å². The van der Waals surface area contributed by atoms with Crippen LogP contribution in [0.1, 0.15) is 0 Å². The molecule has 0 amide bonds. The molecular weight excluding hydrogens is 287 g/mol. The Morgan fingerprint density at radius 3 is 2.82 bits per heavy atom. The SMILES string of the molecule is O=c1oc2c(F)c(O)ccc2cc1-c1nc2ccccc2[nH]1. The van der Waals surface area contributed by atoms with Crippen molar-refractivity contribution in [1.82, 2.24) is 9.97 Å². The molecule has 2 aromatic carbocycles. The number of H-pyrrole nitrogens is 1. The van der Waals surface area contributed by atoms with E-state index in [1.807, 2.05) is 24.3 Å². The fourth-order valence-electron chi connectivity index (χ4n) is 2.39. The number of aromatic nitrogens is 2. The molecule has 2 aromatic heterocycles. The summed E-state index contributed by atoms with van der Waals surface area (Å²) in [7, 11) is 0. The largest absolute Gasteiger partial charge is 0.505 e. The Labute approximate surface area is 122 Å². The number of fused-ring (bicyclic) bond motifs is 2. The van der Waals surface area contributed by atoms with Gasteiger partial charge in [-0.15, -0.1) is 0 Å². The molecule has 0 aliphatic carbocycles. The number of imidazole rings is 1. The maximum absolute atomic E-state index is 13.8. The number of rotatable bonds is 1. The van der Waals surface area contributed by atoms with E-state index in [2.05, 4.69) is 9.97 Å². The summed E-state index contributed by atoms with van der Waals surface area (Å²) in [5.41, 5.74) is 0.706. The number of aromatic hydroxyl groups is 1. The lowest BCUT2D eigenvalue weighted by atomic mass is 10.1. The first kappa shape index (κ1) is 12.6. The minimum atomic E-state index is -0.953. The number of hydrogen-bond acceptors (Lipinski definition) is 4. The van der Waals surface area contributed by atoms with E-state index in [0.29, 0.717) is 16.7 Å². The number of phenolic OH excluding ortho intramolecular Hbond substituents is 1. The summed E-state index contributed by atoms with van der Waals surface area (Å²) in [6, 6.07) is 11.5. The van der Waals surface area contributed by atoms with Crippen LogP contribution < -0.4 is 5.63 Å². The second-order valence-corrected chi connectivity index (χ2v) is 4.87. The van der Waals surface area contributed by atoms with E-state index >= 15 is 0 Å². The molecule has 0 saturated carbocycles. The highest BCUT2D eigenvalue weighted by Gasteiger charge is 2.15. The van der Waals surface area contributed by atoms with Gasteiger partial charge in [-0.1, -0.05) is 12.1 Å². The van der Waals surface area contributed by atoms with Gasteiger partial charge in [0.05, 0.1) is 11.0 Å². The van der Waals surface area contributed by atoms with Crippen LogP contribution in [0.15, 0.2) is 51.7 Å². The van der Waals surface area contributed by atoms with Gasteiger partial charge in [-0.25, -0.2) is 9.78 Å². The first-order chi connectivity index (χ1) is 10.6. The van der Waals surface area contributed by atoms with Gasteiger partial charge in [0.2, 0.25) is 5.82 Å². The van der Waals surface area contributed by atoms with Crippen molar-refractivity contribution in [2.75, 3.05) is 0 Å². The standard InChI is InChI=1S/C16H9FN2O3/c17-13-12(20)6-5-8-7-9(16(21)22-14(8)13)15-18-10-3-1-2-4-11(10)19-15/h1-7,20H,(H,18,19). The number of hydrogen-bond donors (Lipinski definition) is 2. The Bertz CT molecular complexity index is 1050. The summed E-state index contributed by atoms with van der Waals surface area (Å²) in [6.45, 7) is 0. The van der Waals surface area contributed by atoms with E-state index in [0.717, 1.165) is 5.52 Å². The molecule has 0 spiro atoms. The van der Waals surface area contributed by atoms with Gasteiger partial charge in [0.1, 0.15) is 11.4 Å². The predicted octanol–water partition coefficient (Wildman–Crippen LogP) is 3.18. The molecule has 5 nitrogen and oxygen atoms in total. The van der Waals surface area contributed by atoms with Crippen LogP contribution in [0, 0.1) is 5.82 Å². The summed E-state index contributed by atoms with van der Waals surface area (Å²) in [5.74, 6) is -1.16. The van der Waals surface area contributed by atoms with Crippen LogP contribution in [-0.4, -0.2) is 15.1 Å². The number of nitrogens with one attached hydrogen (secondary N) is 1. The Hall–Kier alpha value is -3.15. The number of aromatic amines is 1. The molecule has 0 unspecified atom stereocenters. The third kappa shape index (κ3) is 1.77. The van der Waals surface area contributed by atoms with E-state index in [4.69, 9.17) is 4.42 Å². The van der Waals surface area contributed by atoms with Gasteiger partial charge in [-0.05, 0) is 30.3 Å². The molecule has 0 atom stereocenters. The van der Waals surface area contributed by atoms with Gasteiger partial charge in [0.15, 0.2) is 11.3 Å². The van der Waals surface area contributed by atoms with Gasteiger partial charge < -0.3 is 14.5 Å². The smallest absolute Gasteiger partial charge is 0.347 e. The van der Waals surface area contributed by atoms with Gasteiger partial charge in [-0.3, -0.25) is 0 Å². The molecule has 0 aliphatic heterocycles. The lowest BCUT2D eigenvalue weighted by Gasteiger charge is -2.02. The zero-order valence-electron chi connectivity index (χ0n) is 11.1. The maximum atomic E-state index is 13.8. The minimum absolute atomic E-state index is 0.203. The summed E-state index contributed by atoms with van der Waals surface area (Å²) < 4.78 is 18.8. The molecular formula is C16H9FN2O3. The summed E-state index contributed by atoms with van der Waals surface area (Å²) in [6.07, 6.45) is 0. The Morgan fingerprint density at radius 2 is 2.00 bits per heavy atom. The first-order valence-electron chi connectivity index (χ1n) is 6.54.